The third kappa shape index (κ3) is 2.56. The van der Waals surface area contributed by atoms with Gasteiger partial charge in [0.2, 0.25) is 10.0 Å². The number of fused-ring (bicyclic) bond motifs is 2. The van der Waals surface area contributed by atoms with Crippen LogP contribution in [0.5, 0.6) is 0 Å². The highest BCUT2D eigenvalue weighted by Gasteiger charge is 2.36. The summed E-state index contributed by atoms with van der Waals surface area (Å²) in [5, 5.41) is 2.77. The molecular formula is C16H21N3O3S. The van der Waals surface area contributed by atoms with E-state index in [1.807, 2.05) is 0 Å². The van der Waals surface area contributed by atoms with Crippen molar-refractivity contribution in [3.8, 4) is 0 Å². The number of carbonyl (C=O) groups excluding carboxylic acids is 1. The first-order valence-electron chi connectivity index (χ1n) is 8.21. The van der Waals surface area contributed by atoms with Gasteiger partial charge in [0.1, 0.15) is 0 Å². The molecular weight excluding hydrogens is 314 g/mol. The molecule has 1 unspecified atom stereocenters. The van der Waals surface area contributed by atoms with Crippen LogP contribution in [0.4, 0.5) is 0 Å². The SMILES string of the molecule is O=C1NCCc2ccc(S(=O)(=O)N3CCN4CCCC4C3)cc21. The molecule has 4 rings (SSSR count). The van der Waals surface area contributed by atoms with E-state index in [2.05, 4.69) is 10.2 Å². The molecule has 3 aliphatic rings. The average Bonchev–Trinajstić information content (AvgIpc) is 3.02. The summed E-state index contributed by atoms with van der Waals surface area (Å²) in [6.45, 7) is 3.59. The number of piperazine rings is 1. The first kappa shape index (κ1) is 15.1. The fraction of sp³-hybridized carbons (Fsp3) is 0.562. The van der Waals surface area contributed by atoms with Crippen molar-refractivity contribution in [2.45, 2.75) is 30.2 Å². The van der Waals surface area contributed by atoms with E-state index < -0.39 is 10.0 Å². The van der Waals surface area contributed by atoms with Crippen LogP contribution in [0.25, 0.3) is 0 Å². The largest absolute Gasteiger partial charge is 0.352 e. The lowest BCUT2D eigenvalue weighted by atomic mass is 10.0. The lowest BCUT2D eigenvalue weighted by Gasteiger charge is -2.36. The minimum atomic E-state index is -3.53. The van der Waals surface area contributed by atoms with Gasteiger partial charge < -0.3 is 5.32 Å². The molecule has 0 spiro atoms. The smallest absolute Gasteiger partial charge is 0.251 e. The minimum Gasteiger partial charge on any atom is -0.352 e. The fourth-order valence-corrected chi connectivity index (χ4v) is 5.38. The zero-order chi connectivity index (χ0) is 16.0. The van der Waals surface area contributed by atoms with Crippen molar-refractivity contribution >= 4 is 15.9 Å². The Balaban J connectivity index is 1.64. The Labute approximate surface area is 136 Å². The second kappa shape index (κ2) is 5.58. The van der Waals surface area contributed by atoms with Crippen molar-refractivity contribution in [2.75, 3.05) is 32.7 Å². The Morgan fingerprint density at radius 3 is 2.91 bits per heavy atom. The van der Waals surface area contributed by atoms with Crippen molar-refractivity contribution in [1.82, 2.24) is 14.5 Å². The van der Waals surface area contributed by atoms with Crippen LogP contribution in [-0.2, 0) is 16.4 Å². The van der Waals surface area contributed by atoms with Crippen molar-refractivity contribution in [1.29, 1.82) is 0 Å². The van der Waals surface area contributed by atoms with E-state index in [-0.39, 0.29) is 10.8 Å². The van der Waals surface area contributed by atoms with Crippen LogP contribution in [-0.4, -0.2) is 62.3 Å². The van der Waals surface area contributed by atoms with Gasteiger partial charge in [0.15, 0.2) is 0 Å². The monoisotopic (exact) mass is 335 g/mol. The standard InChI is InChI=1S/C16H21N3O3S/c20-16-15-10-14(4-3-12(15)5-6-17-16)23(21,22)19-9-8-18-7-1-2-13(18)11-19/h3-4,10,13H,1-2,5-9,11H2,(H,17,20). The van der Waals surface area contributed by atoms with Crippen LogP contribution in [0.2, 0.25) is 0 Å². The molecule has 0 aliphatic carbocycles. The number of nitrogens with zero attached hydrogens (tertiary/aromatic N) is 2. The quantitative estimate of drug-likeness (QED) is 0.851. The maximum absolute atomic E-state index is 12.9. The van der Waals surface area contributed by atoms with Gasteiger partial charge in [-0.15, -0.1) is 0 Å². The summed E-state index contributed by atoms with van der Waals surface area (Å²) >= 11 is 0. The first-order valence-corrected chi connectivity index (χ1v) is 9.65. The van der Waals surface area contributed by atoms with Crippen molar-refractivity contribution < 1.29 is 13.2 Å². The van der Waals surface area contributed by atoms with E-state index in [1.54, 1.807) is 22.5 Å². The van der Waals surface area contributed by atoms with E-state index in [1.165, 1.54) is 0 Å². The van der Waals surface area contributed by atoms with E-state index in [0.717, 1.165) is 37.9 Å². The Bertz CT molecular complexity index is 747. The minimum absolute atomic E-state index is 0.177. The van der Waals surface area contributed by atoms with E-state index in [9.17, 15) is 13.2 Å². The van der Waals surface area contributed by atoms with Crippen LogP contribution in [0.1, 0.15) is 28.8 Å². The van der Waals surface area contributed by atoms with Gasteiger partial charge in [-0.3, -0.25) is 9.69 Å². The van der Waals surface area contributed by atoms with Gasteiger partial charge in [0.25, 0.3) is 5.91 Å². The third-order valence-electron chi connectivity index (χ3n) is 5.19. The maximum atomic E-state index is 12.9. The predicted molar refractivity (Wildman–Crippen MR) is 85.8 cm³/mol. The Morgan fingerprint density at radius 2 is 2.04 bits per heavy atom. The molecule has 2 fully saturated rings. The van der Waals surface area contributed by atoms with Gasteiger partial charge in [0, 0.05) is 37.8 Å². The molecule has 124 valence electrons. The molecule has 0 radical (unpaired) electrons. The van der Waals surface area contributed by atoms with Gasteiger partial charge in [-0.25, -0.2) is 8.42 Å². The van der Waals surface area contributed by atoms with Gasteiger partial charge in [0.05, 0.1) is 4.90 Å². The number of hydrogen-bond donors (Lipinski definition) is 1. The van der Waals surface area contributed by atoms with Gasteiger partial charge in [-0.2, -0.15) is 4.31 Å². The third-order valence-corrected chi connectivity index (χ3v) is 7.05. The highest BCUT2D eigenvalue weighted by Crippen LogP contribution is 2.27. The molecule has 1 atom stereocenters. The molecule has 3 aliphatic heterocycles. The van der Waals surface area contributed by atoms with Gasteiger partial charge in [-0.1, -0.05) is 6.07 Å². The maximum Gasteiger partial charge on any atom is 0.251 e. The summed E-state index contributed by atoms with van der Waals surface area (Å²) in [6.07, 6.45) is 2.97. The summed E-state index contributed by atoms with van der Waals surface area (Å²) in [5.41, 5.74) is 1.42. The summed E-state index contributed by atoms with van der Waals surface area (Å²) < 4.78 is 27.5. The summed E-state index contributed by atoms with van der Waals surface area (Å²) in [7, 11) is -3.53. The molecule has 7 heteroatoms. The fourth-order valence-electron chi connectivity index (χ4n) is 3.88. The van der Waals surface area contributed by atoms with Gasteiger partial charge in [-0.05, 0) is 43.5 Å². The predicted octanol–water partition coefficient (Wildman–Crippen LogP) is 0.441. The van der Waals surface area contributed by atoms with Crippen LogP contribution in [0.15, 0.2) is 23.1 Å². The summed E-state index contributed by atoms with van der Waals surface area (Å²) in [5.74, 6) is -0.177. The molecule has 1 N–H and O–H groups in total. The van der Waals surface area contributed by atoms with Crippen LogP contribution in [0.3, 0.4) is 0 Å². The number of rotatable bonds is 2. The zero-order valence-corrected chi connectivity index (χ0v) is 13.8. The first-order chi connectivity index (χ1) is 11.1. The Hall–Kier alpha value is -1.44. The number of benzene rings is 1. The number of hydrogen-bond acceptors (Lipinski definition) is 4. The molecule has 1 amide bonds. The van der Waals surface area contributed by atoms with E-state index in [4.69, 9.17) is 0 Å². The molecule has 0 saturated carbocycles. The van der Waals surface area contributed by atoms with Crippen molar-refractivity contribution in [3.05, 3.63) is 29.3 Å². The van der Waals surface area contributed by atoms with Crippen LogP contribution in [0, 0.1) is 0 Å². The second-order valence-corrected chi connectivity index (χ2v) is 8.46. The average molecular weight is 335 g/mol. The Kier molecular flexibility index (Phi) is 3.66. The van der Waals surface area contributed by atoms with E-state index >= 15 is 0 Å². The number of amides is 1. The number of carbonyl (C=O) groups is 1. The molecule has 1 aromatic rings. The summed E-state index contributed by atoms with van der Waals surface area (Å²) in [4.78, 5) is 14.6. The normalized spacial score (nSPS) is 25.7. The molecule has 3 heterocycles. The van der Waals surface area contributed by atoms with Crippen molar-refractivity contribution in [3.63, 3.8) is 0 Å². The molecule has 0 bridgehead atoms. The molecule has 23 heavy (non-hydrogen) atoms. The highest BCUT2D eigenvalue weighted by molar-refractivity contribution is 7.89. The summed E-state index contributed by atoms with van der Waals surface area (Å²) in [6, 6.07) is 5.32. The molecule has 1 aromatic carbocycles. The Morgan fingerprint density at radius 1 is 1.17 bits per heavy atom. The number of nitrogens with one attached hydrogen (secondary N) is 1. The lowest BCUT2D eigenvalue weighted by molar-refractivity contribution is 0.0945. The van der Waals surface area contributed by atoms with Crippen molar-refractivity contribution in [2.24, 2.45) is 0 Å². The lowest BCUT2D eigenvalue weighted by Crippen LogP contribution is -2.51. The topological polar surface area (TPSA) is 69.7 Å². The molecule has 0 aromatic heterocycles. The van der Waals surface area contributed by atoms with Gasteiger partial charge >= 0.3 is 0 Å². The number of sulfonamides is 1. The highest BCUT2D eigenvalue weighted by atomic mass is 32.2. The van der Waals surface area contributed by atoms with Crippen LogP contribution < -0.4 is 5.32 Å². The molecule has 6 nitrogen and oxygen atoms in total. The second-order valence-electron chi connectivity index (χ2n) is 6.52. The van der Waals surface area contributed by atoms with E-state index in [0.29, 0.717) is 31.2 Å². The zero-order valence-electron chi connectivity index (χ0n) is 13.0. The molecule has 2 saturated heterocycles. The van der Waals surface area contributed by atoms with Crippen LogP contribution >= 0.6 is 0 Å².